The highest BCUT2D eigenvalue weighted by Gasteiger charge is 2.30. The second-order valence-electron chi connectivity index (χ2n) is 6.78. The number of methoxy groups -OCH3 is 1. The molecule has 1 atom stereocenters. The average molecular weight is 404 g/mol. The first-order chi connectivity index (χ1) is 13.5. The molecule has 1 unspecified atom stereocenters. The summed E-state index contributed by atoms with van der Waals surface area (Å²) in [5.74, 6) is 0.261. The van der Waals surface area contributed by atoms with Crippen LogP contribution in [0.5, 0.6) is 5.75 Å². The largest absolute Gasteiger partial charge is 0.497 e. The summed E-state index contributed by atoms with van der Waals surface area (Å²) in [6.45, 7) is 7.20. The minimum atomic E-state index is -0.348. The Kier molecular flexibility index (Phi) is 6.70. The molecule has 0 radical (unpaired) electrons. The molecule has 28 heavy (non-hydrogen) atoms. The molecule has 0 saturated carbocycles. The molecule has 0 aliphatic carbocycles. The first-order valence-electron chi connectivity index (χ1n) is 9.63. The lowest BCUT2D eigenvalue weighted by molar-refractivity contribution is -0.913. The van der Waals surface area contributed by atoms with E-state index in [0.717, 1.165) is 42.9 Å². The van der Waals surface area contributed by atoms with Crippen molar-refractivity contribution in [2.45, 2.75) is 33.2 Å². The Bertz CT molecular complexity index is 845. The molecule has 1 aliphatic heterocycles. The SMILES string of the molecule is CCOC(=O)c1c(NC(=O)Cc2ccc(OC)cc2)sc2c1CC[NH+](CC)C2. The van der Waals surface area contributed by atoms with E-state index in [4.69, 9.17) is 9.47 Å². The van der Waals surface area contributed by atoms with Crippen molar-refractivity contribution in [2.75, 3.05) is 32.1 Å². The van der Waals surface area contributed by atoms with E-state index in [1.807, 2.05) is 24.3 Å². The van der Waals surface area contributed by atoms with E-state index >= 15 is 0 Å². The van der Waals surface area contributed by atoms with Crippen LogP contribution in [0.2, 0.25) is 0 Å². The number of thiophene rings is 1. The molecular formula is C21H27N2O4S+. The molecule has 0 fully saturated rings. The molecule has 2 N–H and O–H groups in total. The van der Waals surface area contributed by atoms with Gasteiger partial charge in [-0.05, 0) is 37.1 Å². The van der Waals surface area contributed by atoms with E-state index in [-0.39, 0.29) is 18.3 Å². The minimum Gasteiger partial charge on any atom is -0.497 e. The Morgan fingerprint density at radius 1 is 1.21 bits per heavy atom. The fraction of sp³-hybridized carbons (Fsp3) is 0.429. The zero-order valence-corrected chi connectivity index (χ0v) is 17.4. The maximum absolute atomic E-state index is 12.6. The first kappa shape index (κ1) is 20.4. The summed E-state index contributed by atoms with van der Waals surface area (Å²) in [5, 5.41) is 3.57. The fourth-order valence-corrected chi connectivity index (χ4v) is 4.77. The number of amides is 1. The number of likely N-dealkylation sites (N-methyl/N-ethyl adjacent to an activating group) is 1. The van der Waals surface area contributed by atoms with Crippen LogP contribution in [0.3, 0.4) is 0 Å². The molecule has 1 aromatic carbocycles. The van der Waals surface area contributed by atoms with Gasteiger partial charge >= 0.3 is 5.97 Å². The third-order valence-corrected chi connectivity index (χ3v) is 6.13. The zero-order chi connectivity index (χ0) is 20.1. The molecule has 1 aromatic heterocycles. The number of anilines is 1. The average Bonchev–Trinajstić information content (AvgIpc) is 3.05. The summed E-state index contributed by atoms with van der Waals surface area (Å²) >= 11 is 1.51. The van der Waals surface area contributed by atoms with Gasteiger partial charge in [0.05, 0.1) is 43.7 Å². The molecule has 1 aliphatic rings. The maximum atomic E-state index is 12.6. The Labute approximate surface area is 169 Å². The summed E-state index contributed by atoms with van der Waals surface area (Å²) in [5.41, 5.74) is 2.47. The van der Waals surface area contributed by atoms with Gasteiger partial charge in [0.1, 0.15) is 17.3 Å². The van der Waals surface area contributed by atoms with Gasteiger partial charge in [-0.15, -0.1) is 11.3 Å². The number of carbonyl (C=O) groups excluding carboxylic acids is 2. The van der Waals surface area contributed by atoms with Gasteiger partial charge in [0.15, 0.2) is 0 Å². The van der Waals surface area contributed by atoms with Crippen LogP contribution in [-0.2, 0) is 28.9 Å². The lowest BCUT2D eigenvalue weighted by Crippen LogP contribution is -3.11. The maximum Gasteiger partial charge on any atom is 0.341 e. The van der Waals surface area contributed by atoms with Gasteiger partial charge < -0.3 is 19.7 Å². The van der Waals surface area contributed by atoms with Gasteiger partial charge in [0.2, 0.25) is 5.91 Å². The van der Waals surface area contributed by atoms with Crippen LogP contribution in [0.15, 0.2) is 24.3 Å². The van der Waals surface area contributed by atoms with Gasteiger partial charge in [0, 0.05) is 6.42 Å². The smallest absolute Gasteiger partial charge is 0.341 e. The number of hydrogen-bond donors (Lipinski definition) is 2. The Hall–Kier alpha value is -2.38. The van der Waals surface area contributed by atoms with Crippen LogP contribution in [0.1, 0.15) is 40.2 Å². The predicted molar refractivity (Wildman–Crippen MR) is 109 cm³/mol. The normalized spacial score (nSPS) is 15.6. The van der Waals surface area contributed by atoms with Crippen molar-refractivity contribution in [2.24, 2.45) is 0 Å². The molecule has 0 saturated heterocycles. The lowest BCUT2D eigenvalue weighted by atomic mass is 10.0. The third kappa shape index (κ3) is 4.54. The van der Waals surface area contributed by atoms with E-state index in [1.165, 1.54) is 21.1 Å². The van der Waals surface area contributed by atoms with E-state index in [0.29, 0.717) is 17.2 Å². The van der Waals surface area contributed by atoms with Crippen molar-refractivity contribution in [3.63, 3.8) is 0 Å². The minimum absolute atomic E-state index is 0.144. The Morgan fingerprint density at radius 2 is 1.96 bits per heavy atom. The summed E-state index contributed by atoms with van der Waals surface area (Å²) in [6.07, 6.45) is 1.07. The van der Waals surface area contributed by atoms with Crippen molar-refractivity contribution in [1.29, 1.82) is 0 Å². The van der Waals surface area contributed by atoms with Crippen LogP contribution < -0.4 is 15.0 Å². The fourth-order valence-electron chi connectivity index (χ4n) is 3.45. The molecule has 2 aromatic rings. The lowest BCUT2D eigenvalue weighted by Gasteiger charge is -2.22. The molecule has 2 heterocycles. The number of carbonyl (C=O) groups is 2. The van der Waals surface area contributed by atoms with Crippen molar-refractivity contribution in [3.05, 3.63) is 45.8 Å². The Balaban J connectivity index is 1.80. The van der Waals surface area contributed by atoms with Crippen molar-refractivity contribution < 1.29 is 24.0 Å². The number of nitrogens with one attached hydrogen (secondary N) is 2. The molecule has 3 rings (SSSR count). The van der Waals surface area contributed by atoms with Crippen LogP contribution in [0.25, 0.3) is 0 Å². The van der Waals surface area contributed by atoms with E-state index in [2.05, 4.69) is 12.2 Å². The topological polar surface area (TPSA) is 69.1 Å². The monoisotopic (exact) mass is 403 g/mol. The van der Waals surface area contributed by atoms with Gasteiger partial charge in [-0.3, -0.25) is 4.79 Å². The van der Waals surface area contributed by atoms with Gasteiger partial charge in [-0.1, -0.05) is 12.1 Å². The predicted octanol–water partition coefficient (Wildman–Crippen LogP) is 2.08. The Morgan fingerprint density at radius 3 is 2.61 bits per heavy atom. The van der Waals surface area contributed by atoms with Crippen LogP contribution in [0.4, 0.5) is 5.00 Å². The van der Waals surface area contributed by atoms with E-state index in [1.54, 1.807) is 14.0 Å². The molecule has 1 amide bonds. The third-order valence-electron chi connectivity index (χ3n) is 4.99. The highest BCUT2D eigenvalue weighted by Crippen LogP contribution is 2.35. The number of ether oxygens (including phenoxy) is 2. The van der Waals surface area contributed by atoms with Crippen molar-refractivity contribution >= 4 is 28.2 Å². The molecule has 150 valence electrons. The number of benzene rings is 1. The summed E-state index contributed by atoms with van der Waals surface area (Å²) in [6, 6.07) is 7.40. The highest BCUT2D eigenvalue weighted by atomic mass is 32.1. The molecule has 6 nitrogen and oxygen atoms in total. The van der Waals surface area contributed by atoms with Crippen LogP contribution >= 0.6 is 11.3 Å². The summed E-state index contributed by atoms with van der Waals surface area (Å²) in [7, 11) is 1.61. The van der Waals surface area contributed by atoms with E-state index in [9.17, 15) is 9.59 Å². The highest BCUT2D eigenvalue weighted by molar-refractivity contribution is 7.17. The summed E-state index contributed by atoms with van der Waals surface area (Å²) < 4.78 is 10.4. The summed E-state index contributed by atoms with van der Waals surface area (Å²) in [4.78, 5) is 27.8. The molecule has 0 bridgehead atoms. The number of hydrogen-bond acceptors (Lipinski definition) is 5. The van der Waals surface area contributed by atoms with Crippen LogP contribution in [-0.4, -0.2) is 38.7 Å². The standard InChI is InChI=1S/C21H26N2O4S/c1-4-23-11-10-16-17(13-23)28-20(19(16)21(25)27-5-2)22-18(24)12-14-6-8-15(26-3)9-7-14/h6-9H,4-5,10-13H2,1-3H3,(H,22,24)/p+1. The number of rotatable bonds is 7. The van der Waals surface area contributed by atoms with E-state index < -0.39 is 0 Å². The number of quaternary nitrogens is 1. The zero-order valence-electron chi connectivity index (χ0n) is 16.6. The van der Waals surface area contributed by atoms with Crippen molar-refractivity contribution in [1.82, 2.24) is 0 Å². The number of fused-ring (bicyclic) bond motifs is 1. The second kappa shape index (κ2) is 9.21. The van der Waals surface area contributed by atoms with Gasteiger partial charge in [0.25, 0.3) is 0 Å². The molecule has 0 spiro atoms. The first-order valence-corrected chi connectivity index (χ1v) is 10.4. The van der Waals surface area contributed by atoms with Gasteiger partial charge in [-0.25, -0.2) is 4.79 Å². The van der Waals surface area contributed by atoms with Gasteiger partial charge in [-0.2, -0.15) is 0 Å². The molecule has 7 heteroatoms. The quantitative estimate of drug-likeness (QED) is 0.695. The van der Waals surface area contributed by atoms with Crippen LogP contribution in [0, 0.1) is 0 Å². The van der Waals surface area contributed by atoms with Crippen molar-refractivity contribution in [3.8, 4) is 5.75 Å². The number of esters is 1. The molecular weight excluding hydrogens is 376 g/mol. The second-order valence-corrected chi connectivity index (χ2v) is 7.89.